The number of para-hydroxylation sites is 1. The fraction of sp³-hybridized carbons (Fsp3) is 0.136. The predicted molar refractivity (Wildman–Crippen MR) is 105 cm³/mol. The summed E-state index contributed by atoms with van der Waals surface area (Å²) in [5, 5.41) is 0. The van der Waals surface area contributed by atoms with Crippen molar-refractivity contribution < 1.29 is 4.79 Å². The summed E-state index contributed by atoms with van der Waals surface area (Å²) in [5.74, 6) is 0.0590. The Hall–Kier alpha value is -2.52. The molecule has 1 heterocycles. The van der Waals surface area contributed by atoms with Crippen molar-refractivity contribution in [3.8, 4) is 0 Å². The van der Waals surface area contributed by atoms with Crippen LogP contribution in [0.25, 0.3) is 0 Å². The van der Waals surface area contributed by atoms with Gasteiger partial charge in [-0.05, 0) is 30.2 Å². The summed E-state index contributed by atoms with van der Waals surface area (Å²) in [6.07, 6.45) is 0. The number of rotatable bonds is 3. The molecule has 3 heteroatoms. The molecule has 25 heavy (non-hydrogen) atoms. The predicted octanol–water partition coefficient (Wildman–Crippen LogP) is 4.77. The Bertz CT molecular complexity index is 897. The third kappa shape index (κ3) is 2.09. The van der Waals surface area contributed by atoms with Gasteiger partial charge in [0.2, 0.25) is 5.91 Å². The second-order valence-corrected chi connectivity index (χ2v) is 7.15. The van der Waals surface area contributed by atoms with Crippen molar-refractivity contribution in [3.63, 3.8) is 0 Å². The summed E-state index contributed by atoms with van der Waals surface area (Å²) < 4.78 is 0. The van der Waals surface area contributed by atoms with E-state index in [0.29, 0.717) is 0 Å². The molecule has 2 nitrogen and oxygen atoms in total. The molecule has 3 aromatic carbocycles. The van der Waals surface area contributed by atoms with Crippen molar-refractivity contribution in [2.75, 3.05) is 4.90 Å². The minimum absolute atomic E-state index is 0.0590. The molecule has 0 unspecified atom stereocenters. The lowest BCUT2D eigenvalue weighted by molar-refractivity contribution is -0.133. The molecule has 0 radical (unpaired) electrons. The highest BCUT2D eigenvalue weighted by Crippen LogP contribution is 2.60. The van der Waals surface area contributed by atoms with Gasteiger partial charge in [-0.2, -0.15) is 0 Å². The van der Waals surface area contributed by atoms with Crippen LogP contribution in [0.4, 0.5) is 5.69 Å². The zero-order valence-electron chi connectivity index (χ0n) is 14.0. The fourth-order valence-corrected chi connectivity index (χ4v) is 4.34. The molecule has 0 bridgehead atoms. The number of β-lactam (4-membered cyclic amide) rings is 1. The van der Waals surface area contributed by atoms with Crippen molar-refractivity contribution >= 4 is 24.2 Å². The summed E-state index contributed by atoms with van der Waals surface area (Å²) in [6, 6.07) is 29.7. The van der Waals surface area contributed by atoms with Crippen LogP contribution >= 0.6 is 12.6 Å². The van der Waals surface area contributed by atoms with Gasteiger partial charge in [0.25, 0.3) is 0 Å². The number of carbonyl (C=O) groups is 1. The van der Waals surface area contributed by atoms with Crippen LogP contribution in [0.3, 0.4) is 0 Å². The van der Waals surface area contributed by atoms with Crippen LogP contribution in [0.2, 0.25) is 0 Å². The average molecular weight is 345 g/mol. The van der Waals surface area contributed by atoms with Crippen molar-refractivity contribution in [2.24, 2.45) is 0 Å². The second-order valence-electron chi connectivity index (χ2n) is 6.51. The van der Waals surface area contributed by atoms with Crippen LogP contribution in [0.1, 0.15) is 18.1 Å². The first kappa shape index (κ1) is 16.0. The quantitative estimate of drug-likeness (QED) is 0.535. The molecule has 1 aliphatic heterocycles. The van der Waals surface area contributed by atoms with Gasteiger partial charge in [-0.25, -0.2) is 0 Å². The molecule has 0 saturated carbocycles. The van der Waals surface area contributed by atoms with E-state index in [1.807, 2.05) is 97.9 Å². The normalized spacial score (nSPS) is 25.5. The molecule has 1 saturated heterocycles. The van der Waals surface area contributed by atoms with Crippen molar-refractivity contribution in [1.29, 1.82) is 0 Å². The molecule has 2 atom stereocenters. The lowest BCUT2D eigenvalue weighted by Gasteiger charge is -2.61. The fourth-order valence-electron chi connectivity index (χ4n) is 3.76. The standard InChI is InChI=1S/C22H19NOS/c1-21(17-11-5-2-6-12-17)20(24)23(19-15-9-4-10-16-19)22(21,25)18-13-7-3-8-14-18/h2-16,25H,1H3/t21-,22+/m1/s1. The minimum atomic E-state index is -0.756. The number of benzene rings is 3. The zero-order chi connectivity index (χ0) is 17.5. The Balaban J connectivity index is 1.93. The number of anilines is 1. The van der Waals surface area contributed by atoms with Gasteiger partial charge in [-0.15, -0.1) is 12.6 Å². The Morgan fingerprint density at radius 1 is 0.720 bits per heavy atom. The number of hydrogen-bond donors (Lipinski definition) is 1. The van der Waals surface area contributed by atoms with Crippen molar-refractivity contribution in [3.05, 3.63) is 102 Å². The van der Waals surface area contributed by atoms with Gasteiger partial charge in [0, 0.05) is 5.69 Å². The van der Waals surface area contributed by atoms with Gasteiger partial charge < -0.3 is 0 Å². The van der Waals surface area contributed by atoms with Gasteiger partial charge in [0.1, 0.15) is 10.3 Å². The number of nitrogens with zero attached hydrogens (tertiary/aromatic N) is 1. The Kier molecular flexibility index (Phi) is 3.69. The van der Waals surface area contributed by atoms with E-state index in [4.69, 9.17) is 12.6 Å². The molecular formula is C22H19NOS. The van der Waals surface area contributed by atoms with Crippen LogP contribution < -0.4 is 4.90 Å². The maximum atomic E-state index is 13.4. The first-order valence-electron chi connectivity index (χ1n) is 8.33. The Morgan fingerprint density at radius 3 is 1.68 bits per heavy atom. The number of hydrogen-bond acceptors (Lipinski definition) is 2. The van der Waals surface area contributed by atoms with Crippen LogP contribution in [0.5, 0.6) is 0 Å². The van der Waals surface area contributed by atoms with E-state index in [-0.39, 0.29) is 5.91 Å². The maximum absolute atomic E-state index is 13.4. The molecule has 1 fully saturated rings. The Labute approximate surface area is 153 Å². The summed E-state index contributed by atoms with van der Waals surface area (Å²) in [5.41, 5.74) is 2.10. The lowest BCUT2D eigenvalue weighted by Crippen LogP contribution is -2.75. The number of amides is 1. The molecule has 0 N–H and O–H groups in total. The second kappa shape index (κ2) is 5.78. The number of carbonyl (C=O) groups excluding carboxylic acids is 1. The van der Waals surface area contributed by atoms with E-state index in [0.717, 1.165) is 16.8 Å². The van der Waals surface area contributed by atoms with Crippen LogP contribution in [-0.4, -0.2) is 5.91 Å². The molecule has 0 spiro atoms. The van der Waals surface area contributed by atoms with Crippen LogP contribution in [0.15, 0.2) is 91.0 Å². The monoisotopic (exact) mass is 345 g/mol. The lowest BCUT2D eigenvalue weighted by atomic mass is 9.64. The van der Waals surface area contributed by atoms with Gasteiger partial charge in [-0.3, -0.25) is 9.69 Å². The highest BCUT2D eigenvalue weighted by atomic mass is 32.1. The molecule has 0 aliphatic carbocycles. The van der Waals surface area contributed by atoms with E-state index in [9.17, 15) is 4.79 Å². The topological polar surface area (TPSA) is 20.3 Å². The molecule has 124 valence electrons. The molecule has 0 aromatic heterocycles. The molecule has 3 aromatic rings. The first-order chi connectivity index (χ1) is 12.1. The van der Waals surface area contributed by atoms with E-state index in [2.05, 4.69) is 0 Å². The summed E-state index contributed by atoms with van der Waals surface area (Å²) >= 11 is 5.13. The van der Waals surface area contributed by atoms with Gasteiger partial charge in [-0.1, -0.05) is 78.9 Å². The largest absolute Gasteiger partial charge is 0.291 e. The van der Waals surface area contributed by atoms with E-state index >= 15 is 0 Å². The van der Waals surface area contributed by atoms with Gasteiger partial charge >= 0.3 is 0 Å². The smallest absolute Gasteiger partial charge is 0.242 e. The minimum Gasteiger partial charge on any atom is -0.291 e. The van der Waals surface area contributed by atoms with Gasteiger partial charge in [0.05, 0.1) is 0 Å². The highest BCUT2D eigenvalue weighted by Gasteiger charge is 2.68. The molecule has 4 rings (SSSR count). The zero-order valence-corrected chi connectivity index (χ0v) is 14.9. The van der Waals surface area contributed by atoms with E-state index in [1.165, 1.54) is 0 Å². The third-order valence-corrected chi connectivity index (χ3v) is 6.10. The molecule has 1 aliphatic rings. The molecular weight excluding hydrogens is 326 g/mol. The SMILES string of the molecule is C[C@@]1(c2ccccc2)C(=O)N(c2ccccc2)[C@]1(S)c1ccccc1. The number of thiol groups is 1. The maximum Gasteiger partial charge on any atom is 0.242 e. The first-order valence-corrected chi connectivity index (χ1v) is 8.78. The summed E-state index contributed by atoms with van der Waals surface area (Å²) in [6.45, 7) is 1.99. The average Bonchev–Trinajstić information content (AvgIpc) is 2.69. The third-order valence-electron chi connectivity index (χ3n) is 5.19. The summed E-state index contributed by atoms with van der Waals surface area (Å²) in [7, 11) is 0. The van der Waals surface area contributed by atoms with Crippen molar-refractivity contribution in [2.45, 2.75) is 17.2 Å². The van der Waals surface area contributed by atoms with E-state index < -0.39 is 10.3 Å². The van der Waals surface area contributed by atoms with Gasteiger partial charge in [0.15, 0.2) is 0 Å². The summed E-state index contributed by atoms with van der Waals surface area (Å²) in [4.78, 5) is 14.4. The molecule has 1 amide bonds. The van der Waals surface area contributed by atoms with Crippen LogP contribution in [-0.2, 0) is 15.1 Å². The highest BCUT2D eigenvalue weighted by molar-refractivity contribution is 7.81. The Morgan fingerprint density at radius 2 is 1.16 bits per heavy atom. The van der Waals surface area contributed by atoms with Crippen molar-refractivity contribution in [1.82, 2.24) is 0 Å². The van der Waals surface area contributed by atoms with Crippen LogP contribution in [0, 0.1) is 0 Å². The van der Waals surface area contributed by atoms with E-state index in [1.54, 1.807) is 4.90 Å².